The van der Waals surface area contributed by atoms with Crippen molar-refractivity contribution < 1.29 is 9.84 Å². The number of hydrogen-bond donors (Lipinski definition) is 1. The van der Waals surface area contributed by atoms with Crippen molar-refractivity contribution in [2.24, 2.45) is 0 Å². The summed E-state index contributed by atoms with van der Waals surface area (Å²) < 4.78 is 7.11. The van der Waals surface area contributed by atoms with Crippen LogP contribution >= 0.6 is 43.5 Å². The number of benzene rings is 2. The van der Waals surface area contributed by atoms with E-state index < -0.39 is 6.10 Å². The van der Waals surface area contributed by atoms with Gasteiger partial charge in [0.25, 0.3) is 0 Å². The van der Waals surface area contributed by atoms with Crippen LogP contribution in [0, 0.1) is 0 Å². The molecular weight excluding hydrogens is 407 g/mol. The molecule has 0 amide bonds. The molecule has 0 spiro atoms. The Kier molecular flexibility index (Phi) is 5.49. The van der Waals surface area contributed by atoms with E-state index in [-0.39, 0.29) is 0 Å². The first-order chi connectivity index (χ1) is 9.51. The smallest absolute Gasteiger partial charge is 0.133 e. The lowest BCUT2D eigenvalue weighted by molar-refractivity contribution is 0.220. The van der Waals surface area contributed by atoms with Crippen LogP contribution in [0.25, 0.3) is 0 Å². The lowest BCUT2D eigenvalue weighted by Gasteiger charge is -2.14. The van der Waals surface area contributed by atoms with E-state index in [1.165, 1.54) is 0 Å². The van der Waals surface area contributed by atoms with Gasteiger partial charge in [0.15, 0.2) is 0 Å². The number of ether oxygens (including phenoxy) is 1. The average molecular weight is 421 g/mol. The van der Waals surface area contributed by atoms with Crippen LogP contribution in [-0.4, -0.2) is 11.7 Å². The number of aliphatic hydroxyl groups excluding tert-OH is 1. The molecule has 20 heavy (non-hydrogen) atoms. The molecule has 1 unspecified atom stereocenters. The van der Waals surface area contributed by atoms with Gasteiger partial charge in [-0.2, -0.15) is 0 Å². The highest BCUT2D eigenvalue weighted by Gasteiger charge is 2.14. The van der Waals surface area contributed by atoms with Gasteiger partial charge in [-0.3, -0.25) is 0 Å². The fraction of sp³-hybridized carbons (Fsp3) is 0.200. The van der Waals surface area contributed by atoms with Crippen molar-refractivity contribution in [1.82, 2.24) is 0 Å². The average Bonchev–Trinajstić information content (AvgIpc) is 2.39. The first kappa shape index (κ1) is 15.8. The Hall–Kier alpha value is -0.550. The molecule has 0 fully saturated rings. The number of hydrogen-bond acceptors (Lipinski definition) is 2. The van der Waals surface area contributed by atoms with Crippen LogP contribution < -0.4 is 4.74 Å². The molecule has 1 atom stereocenters. The Labute approximate surface area is 140 Å². The largest absolute Gasteiger partial charge is 0.493 e. The van der Waals surface area contributed by atoms with Crippen molar-refractivity contribution in [1.29, 1.82) is 0 Å². The SMILES string of the molecule is CCOc1ccc(C(O)c2cc(Cl)cc(Br)c2)cc1Br. The van der Waals surface area contributed by atoms with E-state index in [0.29, 0.717) is 11.6 Å². The summed E-state index contributed by atoms with van der Waals surface area (Å²) in [5, 5.41) is 11.0. The monoisotopic (exact) mass is 418 g/mol. The van der Waals surface area contributed by atoms with E-state index in [2.05, 4.69) is 31.9 Å². The summed E-state index contributed by atoms with van der Waals surface area (Å²) in [4.78, 5) is 0. The minimum atomic E-state index is -0.739. The van der Waals surface area contributed by atoms with Crippen LogP contribution in [0.3, 0.4) is 0 Å². The second-order valence-corrected chi connectivity index (χ2v) is 6.43. The van der Waals surface area contributed by atoms with E-state index in [4.69, 9.17) is 16.3 Å². The highest BCUT2D eigenvalue weighted by Crippen LogP contribution is 2.32. The van der Waals surface area contributed by atoms with Crippen molar-refractivity contribution in [3.63, 3.8) is 0 Å². The van der Waals surface area contributed by atoms with Gasteiger partial charge in [-0.25, -0.2) is 0 Å². The molecule has 5 heteroatoms. The van der Waals surface area contributed by atoms with Crippen LogP contribution in [0.5, 0.6) is 5.75 Å². The van der Waals surface area contributed by atoms with Gasteiger partial charge in [-0.1, -0.05) is 33.6 Å². The molecule has 0 saturated heterocycles. The van der Waals surface area contributed by atoms with Gasteiger partial charge in [-0.15, -0.1) is 0 Å². The van der Waals surface area contributed by atoms with Gasteiger partial charge in [0.2, 0.25) is 0 Å². The van der Waals surface area contributed by atoms with Crippen molar-refractivity contribution in [3.8, 4) is 5.75 Å². The molecule has 106 valence electrons. The van der Waals surface area contributed by atoms with Crippen molar-refractivity contribution >= 4 is 43.5 Å². The Morgan fingerprint density at radius 1 is 1.15 bits per heavy atom. The van der Waals surface area contributed by atoms with E-state index >= 15 is 0 Å². The zero-order chi connectivity index (χ0) is 14.7. The maximum Gasteiger partial charge on any atom is 0.133 e. The molecule has 0 aliphatic carbocycles. The fourth-order valence-corrected chi connectivity index (χ4v) is 3.28. The third-order valence-electron chi connectivity index (χ3n) is 2.77. The van der Waals surface area contributed by atoms with Crippen molar-refractivity contribution in [3.05, 3.63) is 61.5 Å². The van der Waals surface area contributed by atoms with E-state index in [9.17, 15) is 5.11 Å². The minimum absolute atomic E-state index is 0.582. The van der Waals surface area contributed by atoms with Crippen LogP contribution in [0.15, 0.2) is 45.3 Å². The van der Waals surface area contributed by atoms with Crippen LogP contribution in [-0.2, 0) is 0 Å². The summed E-state index contributed by atoms with van der Waals surface area (Å²) in [6, 6.07) is 10.9. The molecule has 2 aromatic rings. The van der Waals surface area contributed by atoms with Gasteiger partial charge in [-0.05, 0) is 64.3 Å². The molecule has 0 aliphatic rings. The maximum atomic E-state index is 10.4. The third kappa shape index (κ3) is 3.76. The third-order valence-corrected chi connectivity index (χ3v) is 4.07. The Morgan fingerprint density at radius 3 is 2.50 bits per heavy atom. The predicted octanol–water partition coefficient (Wildman–Crippen LogP) is 5.35. The molecule has 1 N–H and O–H groups in total. The molecule has 2 nitrogen and oxygen atoms in total. The summed E-state index contributed by atoms with van der Waals surface area (Å²) in [5.74, 6) is 0.760. The first-order valence-corrected chi connectivity index (χ1v) is 8.04. The lowest BCUT2D eigenvalue weighted by atomic mass is 10.0. The quantitative estimate of drug-likeness (QED) is 0.723. The second kappa shape index (κ2) is 6.94. The second-order valence-electron chi connectivity index (χ2n) is 4.23. The lowest BCUT2D eigenvalue weighted by Crippen LogP contribution is -2.01. The van der Waals surface area contributed by atoms with Crippen LogP contribution in [0.4, 0.5) is 0 Å². The van der Waals surface area contributed by atoms with Crippen LogP contribution in [0.2, 0.25) is 5.02 Å². The highest BCUT2D eigenvalue weighted by molar-refractivity contribution is 9.10. The Bertz CT molecular complexity index is 597. The predicted molar refractivity (Wildman–Crippen MR) is 88.5 cm³/mol. The van der Waals surface area contributed by atoms with E-state index in [0.717, 1.165) is 25.8 Å². The molecule has 2 aromatic carbocycles. The summed E-state index contributed by atoms with van der Waals surface area (Å²) >= 11 is 12.8. The normalized spacial score (nSPS) is 12.2. The summed E-state index contributed by atoms with van der Waals surface area (Å²) in [6.45, 7) is 2.53. The van der Waals surface area contributed by atoms with Gasteiger partial charge >= 0.3 is 0 Å². The Balaban J connectivity index is 2.33. The molecule has 0 aliphatic heterocycles. The first-order valence-electron chi connectivity index (χ1n) is 6.07. The maximum absolute atomic E-state index is 10.4. The van der Waals surface area contributed by atoms with E-state index in [1.54, 1.807) is 12.1 Å². The molecule has 0 bridgehead atoms. The number of aliphatic hydroxyl groups is 1. The van der Waals surface area contributed by atoms with E-state index in [1.807, 2.05) is 31.2 Å². The standard InChI is InChI=1S/C15H13Br2ClO2/c1-2-20-14-4-3-9(7-13(14)17)15(19)10-5-11(16)8-12(18)6-10/h3-8,15,19H,2H2,1H3. The number of halogens is 3. The summed E-state index contributed by atoms with van der Waals surface area (Å²) in [5.41, 5.74) is 1.51. The molecule has 0 aromatic heterocycles. The Morgan fingerprint density at radius 2 is 1.90 bits per heavy atom. The zero-order valence-electron chi connectivity index (χ0n) is 10.7. The fourth-order valence-electron chi connectivity index (χ4n) is 1.89. The van der Waals surface area contributed by atoms with Gasteiger partial charge in [0, 0.05) is 9.50 Å². The van der Waals surface area contributed by atoms with Crippen molar-refractivity contribution in [2.75, 3.05) is 6.61 Å². The van der Waals surface area contributed by atoms with Crippen LogP contribution in [0.1, 0.15) is 24.2 Å². The van der Waals surface area contributed by atoms with Gasteiger partial charge in [0.05, 0.1) is 11.1 Å². The van der Waals surface area contributed by atoms with Gasteiger partial charge < -0.3 is 9.84 Å². The molecule has 0 saturated carbocycles. The minimum Gasteiger partial charge on any atom is -0.493 e. The summed E-state index contributed by atoms with van der Waals surface area (Å²) in [7, 11) is 0. The molecule has 2 rings (SSSR count). The van der Waals surface area contributed by atoms with Gasteiger partial charge in [0.1, 0.15) is 11.9 Å². The summed E-state index contributed by atoms with van der Waals surface area (Å²) in [6.07, 6.45) is -0.739. The molecule has 0 radical (unpaired) electrons. The zero-order valence-corrected chi connectivity index (χ0v) is 14.7. The van der Waals surface area contributed by atoms with Crippen molar-refractivity contribution in [2.45, 2.75) is 13.0 Å². The molecule has 0 heterocycles. The molecular formula is C15H13Br2ClO2. The number of rotatable bonds is 4. The topological polar surface area (TPSA) is 29.5 Å². The highest BCUT2D eigenvalue weighted by atomic mass is 79.9.